The number of aromatic nitrogens is 1. The Morgan fingerprint density at radius 1 is 0.971 bits per heavy atom. The van der Waals surface area contributed by atoms with Gasteiger partial charge in [-0.3, -0.25) is 4.79 Å². The molecule has 1 N–H and O–H groups in total. The molecule has 2 amide bonds. The van der Waals surface area contributed by atoms with E-state index in [0.29, 0.717) is 40.3 Å². The number of ether oxygens (including phenoxy) is 1. The quantitative estimate of drug-likeness (QED) is 0.458. The van der Waals surface area contributed by atoms with Gasteiger partial charge in [0, 0.05) is 35.6 Å². The summed E-state index contributed by atoms with van der Waals surface area (Å²) in [6, 6.07) is 4.79. The summed E-state index contributed by atoms with van der Waals surface area (Å²) < 4.78 is 80.2. The third kappa shape index (κ3) is 5.00. The van der Waals surface area contributed by atoms with Gasteiger partial charge in [-0.2, -0.15) is 26.3 Å². The largest absolute Gasteiger partial charge is 0.434 e. The fourth-order valence-corrected chi connectivity index (χ4v) is 5.36. The van der Waals surface area contributed by atoms with Gasteiger partial charge in [0.25, 0.3) is 12.0 Å². The van der Waals surface area contributed by atoms with E-state index in [1.54, 1.807) is 17.0 Å². The van der Waals surface area contributed by atoms with Crippen LogP contribution in [-0.2, 0) is 4.74 Å². The number of fused-ring (bicyclic) bond motifs is 1. The number of benzene rings is 1. The number of amides is 2. The molecular formula is C21H19Cl2F6N3O3. The molecule has 0 atom stereocenters. The molecule has 4 rings (SSSR count). The zero-order chi connectivity index (χ0) is 25.8. The van der Waals surface area contributed by atoms with Crippen LogP contribution in [0, 0.1) is 0 Å². The van der Waals surface area contributed by atoms with Crippen molar-refractivity contribution in [3.63, 3.8) is 0 Å². The molecule has 14 heteroatoms. The van der Waals surface area contributed by atoms with E-state index in [9.17, 15) is 35.9 Å². The predicted octanol–water partition coefficient (Wildman–Crippen LogP) is 6.18. The molecule has 0 aliphatic carbocycles. The number of nitrogens with one attached hydrogen (secondary N) is 1. The smallest absolute Gasteiger partial charge is 0.426 e. The van der Waals surface area contributed by atoms with Crippen LogP contribution in [0.25, 0.3) is 10.9 Å². The number of aromatic amines is 1. The Kier molecular flexibility index (Phi) is 6.58. The Bertz CT molecular complexity index is 1130. The first-order valence-corrected chi connectivity index (χ1v) is 11.4. The Morgan fingerprint density at radius 3 is 2.20 bits per heavy atom. The van der Waals surface area contributed by atoms with E-state index < -0.39 is 30.1 Å². The second-order valence-corrected chi connectivity index (χ2v) is 9.50. The molecule has 2 aliphatic heterocycles. The Labute approximate surface area is 205 Å². The van der Waals surface area contributed by atoms with Crippen LogP contribution in [0.3, 0.4) is 0 Å². The van der Waals surface area contributed by atoms with Crippen LogP contribution in [0.1, 0.15) is 36.2 Å². The minimum Gasteiger partial charge on any atom is -0.426 e. The number of hydrogen-bond donors (Lipinski definition) is 1. The summed E-state index contributed by atoms with van der Waals surface area (Å²) >= 11 is 12.2. The third-order valence-corrected chi connectivity index (χ3v) is 7.00. The highest BCUT2D eigenvalue weighted by Crippen LogP contribution is 2.41. The van der Waals surface area contributed by atoms with Gasteiger partial charge >= 0.3 is 18.4 Å². The molecule has 2 aromatic rings. The molecular weight excluding hydrogens is 527 g/mol. The van der Waals surface area contributed by atoms with E-state index in [1.165, 1.54) is 6.07 Å². The maximum atomic E-state index is 13.3. The third-order valence-electron chi connectivity index (χ3n) is 6.48. The van der Waals surface area contributed by atoms with Crippen molar-refractivity contribution in [2.45, 2.75) is 49.7 Å². The Morgan fingerprint density at radius 2 is 1.60 bits per heavy atom. The Balaban J connectivity index is 1.47. The molecule has 0 radical (unpaired) electrons. The molecule has 192 valence electrons. The van der Waals surface area contributed by atoms with E-state index in [4.69, 9.17) is 23.2 Å². The highest BCUT2D eigenvalue weighted by molar-refractivity contribution is 6.38. The molecule has 0 bridgehead atoms. The van der Waals surface area contributed by atoms with Crippen molar-refractivity contribution >= 4 is 46.1 Å². The van der Waals surface area contributed by atoms with Crippen LogP contribution in [0.5, 0.6) is 0 Å². The molecule has 1 aromatic carbocycles. The van der Waals surface area contributed by atoms with Crippen LogP contribution in [0.4, 0.5) is 31.1 Å². The molecule has 2 aliphatic rings. The number of H-pyrrole nitrogens is 1. The van der Waals surface area contributed by atoms with Gasteiger partial charge in [0.2, 0.25) is 0 Å². The predicted molar refractivity (Wildman–Crippen MR) is 115 cm³/mol. The van der Waals surface area contributed by atoms with Crippen molar-refractivity contribution in [2.75, 3.05) is 19.6 Å². The first kappa shape index (κ1) is 25.7. The molecule has 0 saturated carbocycles. The van der Waals surface area contributed by atoms with Gasteiger partial charge in [-0.1, -0.05) is 23.2 Å². The molecule has 6 nitrogen and oxygen atoms in total. The molecule has 0 unspecified atom stereocenters. The summed E-state index contributed by atoms with van der Waals surface area (Å²) in [4.78, 5) is 30.9. The number of piperidine rings is 1. The highest BCUT2D eigenvalue weighted by atomic mass is 35.5. The van der Waals surface area contributed by atoms with Crippen LogP contribution < -0.4 is 0 Å². The van der Waals surface area contributed by atoms with Gasteiger partial charge in [0.15, 0.2) is 0 Å². The molecule has 1 aromatic heterocycles. The standard InChI is InChI=1S/C21H19Cl2F6N3O3/c22-12-8-11-9-14(30-15(11)13(23)10-12)16(33)32-5-1-2-19(32)3-6-31(7-4-19)18(34)35-17(20(24,25)26)21(27,28)29/h8-10,17,30H,1-7H2. The molecule has 2 fully saturated rings. The molecule has 35 heavy (non-hydrogen) atoms. The average molecular weight is 546 g/mol. The van der Waals surface area contributed by atoms with Crippen molar-refractivity contribution in [1.29, 1.82) is 0 Å². The number of carbonyl (C=O) groups is 2. The SMILES string of the molecule is O=C(OC(C(F)(F)F)C(F)(F)F)N1CCC2(CCCN2C(=O)c2cc3cc(Cl)cc(Cl)c3[nH]2)CC1. The lowest BCUT2D eigenvalue weighted by Crippen LogP contribution is -2.56. The van der Waals surface area contributed by atoms with Crippen LogP contribution >= 0.6 is 23.2 Å². The number of hydrogen-bond acceptors (Lipinski definition) is 3. The second kappa shape index (κ2) is 8.95. The minimum absolute atomic E-state index is 0.154. The normalized spacial score (nSPS) is 18.7. The zero-order valence-corrected chi connectivity index (χ0v) is 19.4. The van der Waals surface area contributed by atoms with E-state index in [1.807, 2.05) is 0 Å². The van der Waals surface area contributed by atoms with E-state index in [0.717, 1.165) is 4.90 Å². The minimum atomic E-state index is -5.79. The number of alkyl halides is 6. The van der Waals surface area contributed by atoms with Gasteiger partial charge in [-0.05, 0) is 43.9 Å². The summed E-state index contributed by atoms with van der Waals surface area (Å²) in [7, 11) is 0. The maximum absolute atomic E-state index is 13.3. The topological polar surface area (TPSA) is 65.6 Å². The summed E-state index contributed by atoms with van der Waals surface area (Å²) in [6.07, 6.45) is -15.9. The second-order valence-electron chi connectivity index (χ2n) is 8.65. The lowest BCUT2D eigenvalue weighted by molar-refractivity contribution is -0.308. The van der Waals surface area contributed by atoms with Crippen molar-refractivity contribution in [3.05, 3.63) is 33.9 Å². The lowest BCUT2D eigenvalue weighted by Gasteiger charge is -2.44. The maximum Gasteiger partial charge on any atom is 0.434 e. The van der Waals surface area contributed by atoms with Gasteiger partial charge < -0.3 is 19.5 Å². The van der Waals surface area contributed by atoms with Gasteiger partial charge in [0.05, 0.1) is 10.5 Å². The van der Waals surface area contributed by atoms with Gasteiger partial charge in [-0.25, -0.2) is 4.79 Å². The van der Waals surface area contributed by atoms with Crippen molar-refractivity contribution in [2.24, 2.45) is 0 Å². The summed E-state index contributed by atoms with van der Waals surface area (Å²) in [6.45, 7) is 0.107. The first-order valence-electron chi connectivity index (χ1n) is 10.6. The van der Waals surface area contributed by atoms with Crippen molar-refractivity contribution in [3.8, 4) is 0 Å². The van der Waals surface area contributed by atoms with Gasteiger partial charge in [-0.15, -0.1) is 0 Å². The molecule has 1 spiro atoms. The monoisotopic (exact) mass is 545 g/mol. The molecule has 3 heterocycles. The van der Waals surface area contributed by atoms with Crippen LogP contribution in [0.15, 0.2) is 18.2 Å². The summed E-state index contributed by atoms with van der Waals surface area (Å²) in [5, 5.41) is 1.38. The van der Waals surface area contributed by atoms with E-state index >= 15 is 0 Å². The summed E-state index contributed by atoms with van der Waals surface area (Å²) in [5.41, 5.74) is 0.125. The molecule has 2 saturated heterocycles. The van der Waals surface area contributed by atoms with Gasteiger partial charge in [0.1, 0.15) is 5.69 Å². The lowest BCUT2D eigenvalue weighted by atomic mass is 9.85. The fraction of sp³-hybridized carbons (Fsp3) is 0.524. The zero-order valence-electron chi connectivity index (χ0n) is 17.9. The highest BCUT2D eigenvalue weighted by Gasteiger charge is 2.60. The van der Waals surface area contributed by atoms with Crippen LogP contribution in [-0.4, -0.2) is 70.4 Å². The fourth-order valence-electron chi connectivity index (χ4n) is 4.80. The van der Waals surface area contributed by atoms with E-state index in [-0.39, 0.29) is 37.5 Å². The first-order chi connectivity index (χ1) is 16.2. The van der Waals surface area contributed by atoms with E-state index in [2.05, 4.69) is 9.72 Å². The number of nitrogens with zero attached hydrogens (tertiary/aromatic N) is 2. The number of carbonyl (C=O) groups excluding carboxylic acids is 2. The number of halogens is 8. The summed E-state index contributed by atoms with van der Waals surface area (Å²) in [5.74, 6) is -0.323. The number of likely N-dealkylation sites (tertiary alicyclic amines) is 2. The van der Waals surface area contributed by atoms with Crippen molar-refractivity contribution < 1.29 is 40.7 Å². The van der Waals surface area contributed by atoms with Crippen molar-refractivity contribution in [1.82, 2.24) is 14.8 Å². The Hall–Kier alpha value is -2.34. The van der Waals surface area contributed by atoms with Crippen LogP contribution in [0.2, 0.25) is 10.0 Å². The average Bonchev–Trinajstić information content (AvgIpc) is 3.35. The number of rotatable bonds is 2.